The van der Waals surface area contributed by atoms with E-state index in [9.17, 15) is 4.21 Å². The second kappa shape index (κ2) is 5.80. The van der Waals surface area contributed by atoms with Crippen molar-refractivity contribution in [1.82, 2.24) is 0 Å². The second-order valence-corrected chi connectivity index (χ2v) is 5.47. The molecule has 1 aliphatic rings. The number of benzene rings is 1. The van der Waals surface area contributed by atoms with Gasteiger partial charge in [-0.2, -0.15) is 0 Å². The Hall–Kier alpha value is -0.380. The van der Waals surface area contributed by atoms with Gasteiger partial charge in [0.2, 0.25) is 0 Å². The lowest BCUT2D eigenvalue weighted by atomic mass is 9.82. The smallest absolute Gasteiger partial charge is 0.256 e. The molecule has 0 amide bonds. The van der Waals surface area contributed by atoms with Crippen LogP contribution in [-0.4, -0.2) is 10.3 Å². The van der Waals surface area contributed by atoms with E-state index < -0.39 is 10.3 Å². The largest absolute Gasteiger partial charge is 0.274 e. The molecule has 0 saturated heterocycles. The Bertz CT molecular complexity index is 355. The van der Waals surface area contributed by atoms with E-state index in [0.717, 1.165) is 19.3 Å². The number of hydrogen-bond acceptors (Lipinski definition) is 2. The Morgan fingerprint density at radius 2 is 1.88 bits per heavy atom. The Labute approximate surface area is 103 Å². The highest BCUT2D eigenvalue weighted by molar-refractivity contribution is 8.04. The van der Waals surface area contributed by atoms with E-state index >= 15 is 0 Å². The molecule has 0 bridgehead atoms. The molecule has 0 aromatic heterocycles. The van der Waals surface area contributed by atoms with Crippen LogP contribution in [-0.2, 0) is 14.5 Å². The Kier molecular flexibility index (Phi) is 4.38. The van der Waals surface area contributed by atoms with Crippen molar-refractivity contribution in [1.29, 1.82) is 0 Å². The van der Waals surface area contributed by atoms with E-state index in [1.54, 1.807) is 0 Å². The van der Waals surface area contributed by atoms with Gasteiger partial charge < -0.3 is 0 Å². The highest BCUT2D eigenvalue weighted by Gasteiger charge is 2.28. The van der Waals surface area contributed by atoms with Crippen molar-refractivity contribution in [3.05, 3.63) is 35.9 Å². The van der Waals surface area contributed by atoms with Gasteiger partial charge in [-0.15, -0.1) is 0 Å². The fraction of sp³-hybridized carbons (Fsp3) is 0.500. The molecule has 1 aromatic rings. The third kappa shape index (κ3) is 3.06. The van der Waals surface area contributed by atoms with Crippen molar-refractivity contribution >= 4 is 21.0 Å². The van der Waals surface area contributed by atoms with Crippen LogP contribution in [0.2, 0.25) is 0 Å². The summed E-state index contributed by atoms with van der Waals surface area (Å²) in [5, 5.41) is 0. The minimum Gasteiger partial charge on any atom is -0.274 e. The maximum Gasteiger partial charge on any atom is 0.256 e. The zero-order valence-corrected chi connectivity index (χ0v) is 10.5. The highest BCUT2D eigenvalue weighted by Crippen LogP contribution is 2.35. The lowest BCUT2D eigenvalue weighted by molar-refractivity contribution is 0.150. The van der Waals surface area contributed by atoms with Gasteiger partial charge in [-0.1, -0.05) is 43.2 Å². The van der Waals surface area contributed by atoms with Gasteiger partial charge in [0.05, 0.1) is 6.10 Å². The SMILES string of the molecule is O=S(Cl)O[C@H]1CCCC[C@@H]1c1ccccc1. The summed E-state index contributed by atoms with van der Waals surface area (Å²) in [6.07, 6.45) is 4.35. The fourth-order valence-electron chi connectivity index (χ4n) is 2.39. The van der Waals surface area contributed by atoms with Crippen molar-refractivity contribution in [2.24, 2.45) is 0 Å². The van der Waals surface area contributed by atoms with Gasteiger partial charge in [-0.05, 0) is 18.4 Å². The zero-order valence-electron chi connectivity index (χ0n) is 8.97. The Balaban J connectivity index is 2.13. The van der Waals surface area contributed by atoms with Gasteiger partial charge in [0, 0.05) is 16.6 Å². The molecule has 2 nitrogen and oxygen atoms in total. The molecule has 0 heterocycles. The van der Waals surface area contributed by atoms with Gasteiger partial charge in [-0.3, -0.25) is 4.18 Å². The molecule has 88 valence electrons. The minimum absolute atomic E-state index is 0.00511. The lowest BCUT2D eigenvalue weighted by Crippen LogP contribution is -2.25. The van der Waals surface area contributed by atoms with E-state index in [2.05, 4.69) is 12.1 Å². The van der Waals surface area contributed by atoms with Crippen LogP contribution in [0.4, 0.5) is 0 Å². The second-order valence-electron chi connectivity index (χ2n) is 4.13. The molecule has 0 N–H and O–H groups in total. The molecular weight excluding hydrogens is 244 g/mol. The standard InChI is InChI=1S/C12H15ClO2S/c13-16(14)15-12-9-5-4-8-11(12)10-6-2-1-3-7-10/h1-3,6-7,11-12H,4-5,8-9H2/t11-,12+,16?/m1/s1. The summed E-state index contributed by atoms with van der Waals surface area (Å²) in [6.45, 7) is 0. The minimum atomic E-state index is -1.69. The molecule has 4 heteroatoms. The summed E-state index contributed by atoms with van der Waals surface area (Å²) in [5.74, 6) is 0.331. The van der Waals surface area contributed by atoms with Crippen LogP contribution < -0.4 is 0 Å². The molecule has 1 aromatic carbocycles. The molecule has 1 aliphatic carbocycles. The van der Waals surface area contributed by atoms with Crippen molar-refractivity contribution in [3.63, 3.8) is 0 Å². The first-order chi connectivity index (χ1) is 7.77. The average molecular weight is 259 g/mol. The third-order valence-electron chi connectivity index (χ3n) is 3.13. The predicted molar refractivity (Wildman–Crippen MR) is 66.5 cm³/mol. The fourth-order valence-corrected chi connectivity index (χ4v) is 3.10. The Morgan fingerprint density at radius 3 is 2.56 bits per heavy atom. The summed E-state index contributed by atoms with van der Waals surface area (Å²) < 4.78 is 16.2. The molecular formula is C12H15ClO2S. The van der Waals surface area contributed by atoms with Crippen molar-refractivity contribution < 1.29 is 8.39 Å². The average Bonchev–Trinajstić information content (AvgIpc) is 2.30. The maximum atomic E-state index is 10.9. The molecule has 1 saturated carbocycles. The lowest BCUT2D eigenvalue weighted by Gasteiger charge is -2.30. The predicted octanol–water partition coefficient (Wildman–Crippen LogP) is 3.55. The molecule has 16 heavy (non-hydrogen) atoms. The topological polar surface area (TPSA) is 26.3 Å². The van der Waals surface area contributed by atoms with Gasteiger partial charge in [0.15, 0.2) is 0 Å². The molecule has 1 fully saturated rings. The number of halogens is 1. The van der Waals surface area contributed by atoms with Gasteiger partial charge in [0.25, 0.3) is 10.3 Å². The maximum absolute atomic E-state index is 10.9. The van der Waals surface area contributed by atoms with E-state index in [1.165, 1.54) is 12.0 Å². The van der Waals surface area contributed by atoms with Crippen molar-refractivity contribution in [2.75, 3.05) is 0 Å². The van der Waals surface area contributed by atoms with Gasteiger partial charge in [0.1, 0.15) is 0 Å². The first-order valence-corrected chi connectivity index (χ1v) is 7.47. The third-order valence-corrected chi connectivity index (χ3v) is 3.75. The summed E-state index contributed by atoms with van der Waals surface area (Å²) >= 11 is 0. The number of hydrogen-bond donors (Lipinski definition) is 0. The molecule has 0 spiro atoms. The van der Waals surface area contributed by atoms with Gasteiger partial charge in [-0.25, -0.2) is 4.21 Å². The molecule has 0 aliphatic heterocycles. The Morgan fingerprint density at radius 1 is 1.19 bits per heavy atom. The molecule has 2 rings (SSSR count). The first kappa shape index (κ1) is 12.1. The van der Waals surface area contributed by atoms with Crippen LogP contribution in [0.25, 0.3) is 0 Å². The van der Waals surface area contributed by atoms with E-state index in [1.807, 2.05) is 18.2 Å². The summed E-state index contributed by atoms with van der Waals surface area (Å²) in [5.41, 5.74) is 1.26. The van der Waals surface area contributed by atoms with Crippen LogP contribution >= 0.6 is 10.7 Å². The zero-order chi connectivity index (χ0) is 11.4. The quantitative estimate of drug-likeness (QED) is 0.775. The normalized spacial score (nSPS) is 27.6. The van der Waals surface area contributed by atoms with Gasteiger partial charge >= 0.3 is 0 Å². The first-order valence-electron chi connectivity index (χ1n) is 5.57. The van der Waals surface area contributed by atoms with Crippen LogP contribution in [0.1, 0.15) is 37.2 Å². The van der Waals surface area contributed by atoms with Crippen molar-refractivity contribution in [3.8, 4) is 0 Å². The van der Waals surface area contributed by atoms with Crippen LogP contribution in [0.3, 0.4) is 0 Å². The van der Waals surface area contributed by atoms with Crippen LogP contribution in [0, 0.1) is 0 Å². The molecule has 3 atom stereocenters. The van der Waals surface area contributed by atoms with E-state index in [4.69, 9.17) is 14.9 Å². The summed E-state index contributed by atoms with van der Waals surface area (Å²) in [6, 6.07) is 10.3. The van der Waals surface area contributed by atoms with Crippen LogP contribution in [0.15, 0.2) is 30.3 Å². The van der Waals surface area contributed by atoms with Crippen LogP contribution in [0.5, 0.6) is 0 Å². The van der Waals surface area contributed by atoms with E-state index in [-0.39, 0.29) is 6.10 Å². The van der Waals surface area contributed by atoms with E-state index in [0.29, 0.717) is 5.92 Å². The highest BCUT2D eigenvalue weighted by atomic mass is 35.7. The van der Waals surface area contributed by atoms with Crippen molar-refractivity contribution in [2.45, 2.75) is 37.7 Å². The summed E-state index contributed by atoms with van der Waals surface area (Å²) in [7, 11) is 3.73. The monoisotopic (exact) mass is 258 g/mol. The molecule has 0 radical (unpaired) electrons. The number of rotatable bonds is 3. The summed E-state index contributed by atoms with van der Waals surface area (Å²) in [4.78, 5) is 0. The molecule has 1 unspecified atom stereocenters.